The lowest BCUT2D eigenvalue weighted by atomic mass is 9.80. The number of anilines is 1. The molecule has 18 heavy (non-hydrogen) atoms. The Morgan fingerprint density at radius 1 is 1.28 bits per heavy atom. The van der Waals surface area contributed by atoms with E-state index in [1.165, 1.54) is 0 Å². The average molecular weight is 243 g/mol. The van der Waals surface area contributed by atoms with Gasteiger partial charge in [-0.1, -0.05) is 18.2 Å². The molecule has 0 aliphatic heterocycles. The summed E-state index contributed by atoms with van der Waals surface area (Å²) in [7, 11) is 1.76. The molecule has 1 heterocycles. The minimum absolute atomic E-state index is 0.387. The summed E-state index contributed by atoms with van der Waals surface area (Å²) < 4.78 is 7.09. The largest absolute Gasteiger partial charge is 0.384 e. The molecule has 4 heteroatoms. The molecule has 1 aromatic heterocycles. The summed E-state index contributed by atoms with van der Waals surface area (Å²) in [6.07, 6.45) is 2.47. The van der Waals surface area contributed by atoms with E-state index in [0.29, 0.717) is 17.8 Å². The second kappa shape index (κ2) is 4.46. The Morgan fingerprint density at radius 2 is 2.00 bits per heavy atom. The van der Waals surface area contributed by atoms with E-state index in [1.54, 1.807) is 11.8 Å². The quantitative estimate of drug-likeness (QED) is 0.900. The first-order valence-electron chi connectivity index (χ1n) is 6.21. The van der Waals surface area contributed by atoms with Gasteiger partial charge < -0.3 is 10.5 Å². The SMILES string of the molecule is COC1CC(c2cc(N)n(-c3ccccc3)n2)C1. The van der Waals surface area contributed by atoms with Crippen molar-refractivity contribution in [2.75, 3.05) is 12.8 Å². The fourth-order valence-electron chi connectivity index (χ4n) is 2.39. The lowest BCUT2D eigenvalue weighted by molar-refractivity contribution is 0.0247. The molecule has 0 atom stereocenters. The van der Waals surface area contributed by atoms with Gasteiger partial charge in [-0.05, 0) is 25.0 Å². The molecule has 0 bridgehead atoms. The molecule has 1 fully saturated rings. The number of nitrogens with two attached hydrogens (primary N) is 1. The zero-order valence-corrected chi connectivity index (χ0v) is 10.4. The molecule has 0 spiro atoms. The third-order valence-corrected chi connectivity index (χ3v) is 3.60. The summed E-state index contributed by atoms with van der Waals surface area (Å²) in [5.41, 5.74) is 8.10. The smallest absolute Gasteiger partial charge is 0.127 e. The lowest BCUT2D eigenvalue weighted by Crippen LogP contribution is -2.28. The maximum Gasteiger partial charge on any atom is 0.127 e. The van der Waals surface area contributed by atoms with Crippen molar-refractivity contribution in [2.45, 2.75) is 24.9 Å². The van der Waals surface area contributed by atoms with Crippen molar-refractivity contribution in [3.05, 3.63) is 42.1 Å². The van der Waals surface area contributed by atoms with Crippen molar-refractivity contribution in [3.63, 3.8) is 0 Å². The third-order valence-electron chi connectivity index (χ3n) is 3.60. The molecule has 1 aliphatic carbocycles. The number of ether oxygens (including phenoxy) is 1. The maximum absolute atomic E-state index is 6.03. The summed E-state index contributed by atoms with van der Waals surface area (Å²) in [5.74, 6) is 1.18. The molecule has 3 rings (SSSR count). The van der Waals surface area contributed by atoms with Crippen LogP contribution in [-0.4, -0.2) is 23.0 Å². The number of benzene rings is 1. The Balaban J connectivity index is 1.84. The number of rotatable bonds is 3. The number of aromatic nitrogens is 2. The van der Waals surface area contributed by atoms with Crippen LogP contribution in [0.2, 0.25) is 0 Å². The first kappa shape index (κ1) is 11.3. The first-order chi connectivity index (χ1) is 8.78. The van der Waals surface area contributed by atoms with Crippen LogP contribution in [0.3, 0.4) is 0 Å². The topological polar surface area (TPSA) is 53.1 Å². The van der Waals surface area contributed by atoms with E-state index >= 15 is 0 Å². The van der Waals surface area contributed by atoms with E-state index in [-0.39, 0.29) is 0 Å². The van der Waals surface area contributed by atoms with Gasteiger partial charge >= 0.3 is 0 Å². The highest BCUT2D eigenvalue weighted by Crippen LogP contribution is 2.38. The van der Waals surface area contributed by atoms with Crippen molar-refractivity contribution in [2.24, 2.45) is 0 Å². The average Bonchev–Trinajstić information content (AvgIpc) is 2.71. The van der Waals surface area contributed by atoms with Crippen molar-refractivity contribution in [1.82, 2.24) is 9.78 Å². The first-order valence-corrected chi connectivity index (χ1v) is 6.21. The Kier molecular flexibility index (Phi) is 2.80. The monoisotopic (exact) mass is 243 g/mol. The van der Waals surface area contributed by atoms with Crippen molar-refractivity contribution >= 4 is 5.82 Å². The molecule has 1 saturated carbocycles. The number of nitrogen functional groups attached to an aromatic ring is 1. The van der Waals surface area contributed by atoms with E-state index < -0.39 is 0 Å². The molecule has 1 aliphatic rings. The second-order valence-corrected chi connectivity index (χ2v) is 4.77. The van der Waals surface area contributed by atoms with Crippen molar-refractivity contribution < 1.29 is 4.74 Å². The Labute approximate surface area is 106 Å². The van der Waals surface area contributed by atoms with Gasteiger partial charge in [-0.2, -0.15) is 5.10 Å². The fraction of sp³-hybridized carbons (Fsp3) is 0.357. The van der Waals surface area contributed by atoms with Gasteiger partial charge in [-0.25, -0.2) is 4.68 Å². The van der Waals surface area contributed by atoms with Crippen LogP contribution in [0.15, 0.2) is 36.4 Å². The second-order valence-electron chi connectivity index (χ2n) is 4.77. The zero-order valence-electron chi connectivity index (χ0n) is 10.4. The Morgan fingerprint density at radius 3 is 2.67 bits per heavy atom. The lowest BCUT2D eigenvalue weighted by Gasteiger charge is -2.32. The number of hydrogen-bond donors (Lipinski definition) is 1. The van der Waals surface area contributed by atoms with Crippen molar-refractivity contribution in [1.29, 1.82) is 0 Å². The highest BCUT2D eigenvalue weighted by atomic mass is 16.5. The number of methoxy groups -OCH3 is 1. The molecular weight excluding hydrogens is 226 g/mol. The third kappa shape index (κ3) is 1.88. The highest BCUT2D eigenvalue weighted by Gasteiger charge is 2.32. The summed E-state index contributed by atoms with van der Waals surface area (Å²) in [6, 6.07) is 11.9. The van der Waals surface area contributed by atoms with Crippen LogP contribution in [0.5, 0.6) is 0 Å². The normalized spacial score (nSPS) is 22.7. The van der Waals surface area contributed by atoms with E-state index in [1.807, 2.05) is 36.4 Å². The fourth-order valence-corrected chi connectivity index (χ4v) is 2.39. The number of nitrogens with zero attached hydrogens (tertiary/aromatic N) is 2. The summed E-state index contributed by atoms with van der Waals surface area (Å²) in [5, 5.41) is 4.61. The maximum atomic E-state index is 6.03. The minimum atomic E-state index is 0.387. The summed E-state index contributed by atoms with van der Waals surface area (Å²) >= 11 is 0. The van der Waals surface area contributed by atoms with E-state index in [2.05, 4.69) is 5.10 Å². The molecule has 0 unspecified atom stereocenters. The van der Waals surface area contributed by atoms with Gasteiger partial charge in [0.25, 0.3) is 0 Å². The van der Waals surface area contributed by atoms with Crippen LogP contribution < -0.4 is 5.73 Å². The minimum Gasteiger partial charge on any atom is -0.384 e. The molecule has 2 N–H and O–H groups in total. The molecule has 4 nitrogen and oxygen atoms in total. The Hall–Kier alpha value is -1.81. The number of hydrogen-bond acceptors (Lipinski definition) is 3. The van der Waals surface area contributed by atoms with E-state index in [4.69, 9.17) is 10.5 Å². The van der Waals surface area contributed by atoms with Gasteiger partial charge in [0, 0.05) is 19.1 Å². The molecule has 2 aromatic rings. The van der Waals surface area contributed by atoms with Crippen LogP contribution in [0.25, 0.3) is 5.69 Å². The molecule has 0 saturated heterocycles. The van der Waals surface area contributed by atoms with Gasteiger partial charge in [-0.3, -0.25) is 0 Å². The number of para-hydroxylation sites is 1. The van der Waals surface area contributed by atoms with Crippen LogP contribution >= 0.6 is 0 Å². The molecule has 1 aromatic carbocycles. The summed E-state index contributed by atoms with van der Waals surface area (Å²) in [6.45, 7) is 0. The van der Waals surface area contributed by atoms with Crippen molar-refractivity contribution in [3.8, 4) is 5.69 Å². The predicted octanol–water partition coefficient (Wildman–Crippen LogP) is 2.35. The zero-order chi connectivity index (χ0) is 12.5. The van der Waals surface area contributed by atoms with Crippen LogP contribution in [0.1, 0.15) is 24.5 Å². The van der Waals surface area contributed by atoms with Crippen LogP contribution in [0.4, 0.5) is 5.82 Å². The molecule has 0 radical (unpaired) electrons. The van der Waals surface area contributed by atoms with Crippen LogP contribution in [-0.2, 0) is 4.74 Å². The standard InChI is InChI=1S/C14H17N3O/c1-18-12-7-10(8-12)13-9-14(15)17(16-13)11-5-3-2-4-6-11/h2-6,9-10,12H,7-8,15H2,1H3. The van der Waals surface area contributed by atoms with Crippen LogP contribution in [0, 0.1) is 0 Å². The van der Waals surface area contributed by atoms with E-state index in [9.17, 15) is 0 Å². The molecule has 0 amide bonds. The highest BCUT2D eigenvalue weighted by molar-refractivity contribution is 5.43. The van der Waals surface area contributed by atoms with Gasteiger partial charge in [0.1, 0.15) is 5.82 Å². The Bertz CT molecular complexity index is 529. The van der Waals surface area contributed by atoms with Gasteiger partial charge in [0.2, 0.25) is 0 Å². The van der Waals surface area contributed by atoms with Gasteiger partial charge in [0.15, 0.2) is 0 Å². The predicted molar refractivity (Wildman–Crippen MR) is 70.7 cm³/mol. The van der Waals surface area contributed by atoms with Gasteiger partial charge in [0.05, 0.1) is 17.5 Å². The molecule has 94 valence electrons. The molecular formula is C14H17N3O. The van der Waals surface area contributed by atoms with Gasteiger partial charge in [-0.15, -0.1) is 0 Å². The summed E-state index contributed by atoms with van der Waals surface area (Å²) in [4.78, 5) is 0. The van der Waals surface area contributed by atoms with E-state index in [0.717, 1.165) is 24.2 Å².